The molecule has 47 heavy (non-hydrogen) atoms. The molecule has 1 aliphatic carbocycles. The Bertz CT molecular complexity index is 2410. The molecule has 0 atom stereocenters. The molecule has 8 aromatic rings. The first-order chi connectivity index (χ1) is 23.3. The van der Waals surface area contributed by atoms with Crippen molar-refractivity contribution < 1.29 is 0 Å². The van der Waals surface area contributed by atoms with Crippen molar-refractivity contribution in [2.75, 3.05) is 0 Å². The summed E-state index contributed by atoms with van der Waals surface area (Å²) in [7, 11) is 0. The van der Waals surface area contributed by atoms with Crippen molar-refractivity contribution in [3.63, 3.8) is 0 Å². The Morgan fingerprint density at radius 1 is 0.340 bits per heavy atom. The minimum Gasteiger partial charge on any atom is -0.228 e. The van der Waals surface area contributed by atoms with Crippen molar-refractivity contribution in [2.24, 2.45) is 0 Å². The first-order valence-electron chi connectivity index (χ1n) is 16.1. The monoisotopic (exact) mass is 598 g/mol. The molecule has 0 unspecified atom stereocenters. The van der Waals surface area contributed by atoms with E-state index < -0.39 is 0 Å². The molecule has 0 aliphatic heterocycles. The van der Waals surface area contributed by atoms with Crippen molar-refractivity contribution in [3.8, 4) is 67.2 Å². The molecule has 0 spiro atoms. The molecule has 0 saturated carbocycles. The Morgan fingerprint density at radius 3 is 1.57 bits per heavy atom. The van der Waals surface area contributed by atoms with E-state index in [9.17, 15) is 0 Å². The molecule has 0 fully saturated rings. The number of rotatable bonds is 5. The lowest BCUT2D eigenvalue weighted by molar-refractivity contribution is 1.23. The third-order valence-electron chi connectivity index (χ3n) is 9.38. The highest BCUT2D eigenvalue weighted by Gasteiger charge is 2.24. The van der Waals surface area contributed by atoms with E-state index in [0.29, 0.717) is 0 Å². The quantitative estimate of drug-likeness (QED) is 0.197. The van der Waals surface area contributed by atoms with Gasteiger partial charge in [-0.15, -0.1) is 0 Å². The zero-order chi connectivity index (χ0) is 31.2. The van der Waals surface area contributed by atoms with Gasteiger partial charge in [-0.2, -0.15) is 0 Å². The number of fused-ring (bicyclic) bond motifs is 4. The van der Waals surface area contributed by atoms with Gasteiger partial charge in [0.15, 0.2) is 5.82 Å². The Morgan fingerprint density at radius 2 is 0.851 bits per heavy atom. The lowest BCUT2D eigenvalue weighted by Gasteiger charge is -2.12. The van der Waals surface area contributed by atoms with Crippen molar-refractivity contribution >= 4 is 10.9 Å². The summed E-state index contributed by atoms with van der Waals surface area (Å²) in [6.45, 7) is 0. The number of hydrogen-bond acceptors (Lipinski definition) is 2. The minimum absolute atomic E-state index is 0.731. The van der Waals surface area contributed by atoms with Gasteiger partial charge < -0.3 is 0 Å². The van der Waals surface area contributed by atoms with Crippen LogP contribution >= 0.6 is 0 Å². The molecule has 7 aromatic carbocycles. The maximum absolute atomic E-state index is 5.22. The lowest BCUT2D eigenvalue weighted by atomic mass is 9.94. The summed E-state index contributed by atoms with van der Waals surface area (Å²) >= 11 is 0. The van der Waals surface area contributed by atoms with E-state index in [1.54, 1.807) is 0 Å². The summed E-state index contributed by atoms with van der Waals surface area (Å²) < 4.78 is 0. The summed E-state index contributed by atoms with van der Waals surface area (Å²) in [6, 6.07) is 60.4. The molecule has 1 heterocycles. The van der Waals surface area contributed by atoms with Gasteiger partial charge in [-0.3, -0.25) is 0 Å². The first-order valence-corrected chi connectivity index (χ1v) is 16.1. The van der Waals surface area contributed by atoms with Gasteiger partial charge in [-0.05, 0) is 74.2 Å². The minimum atomic E-state index is 0.731. The van der Waals surface area contributed by atoms with Crippen molar-refractivity contribution in [1.29, 1.82) is 0 Å². The number of nitrogens with zero attached hydrogens (tertiary/aromatic N) is 2. The largest absolute Gasteiger partial charge is 0.228 e. The molecule has 0 bridgehead atoms. The van der Waals surface area contributed by atoms with Crippen LogP contribution in [-0.2, 0) is 6.42 Å². The van der Waals surface area contributed by atoms with E-state index in [2.05, 4.69) is 158 Å². The van der Waals surface area contributed by atoms with Gasteiger partial charge in [0.05, 0.1) is 11.2 Å². The van der Waals surface area contributed by atoms with Gasteiger partial charge in [0.1, 0.15) is 0 Å². The molecule has 0 radical (unpaired) electrons. The number of para-hydroxylation sites is 1. The Hall–Kier alpha value is -6.12. The Kier molecular flexibility index (Phi) is 6.57. The van der Waals surface area contributed by atoms with Crippen LogP contribution in [0.15, 0.2) is 170 Å². The predicted octanol–water partition coefficient (Wildman–Crippen LogP) is 11.5. The lowest BCUT2D eigenvalue weighted by Crippen LogP contribution is -1.96. The standard InChI is InChI=1S/C45H30N2/c1-3-12-30(13-4-1)31-24-26-33(27-25-31)44-40-18-7-8-23-43(40)46-45(47-44)35-17-9-16-34(28-35)37-20-11-22-39-38-21-10-19-36(41(38)29-42(37)39)32-14-5-2-6-15-32/h1-28H,29H2. The van der Waals surface area contributed by atoms with Gasteiger partial charge in [0, 0.05) is 16.5 Å². The third-order valence-corrected chi connectivity index (χ3v) is 9.38. The average molecular weight is 599 g/mol. The molecule has 0 N–H and O–H groups in total. The van der Waals surface area contributed by atoms with E-state index in [1.807, 2.05) is 12.1 Å². The summed E-state index contributed by atoms with van der Waals surface area (Å²) in [6.07, 6.45) is 0.908. The van der Waals surface area contributed by atoms with Gasteiger partial charge in [-0.1, -0.05) is 158 Å². The zero-order valence-corrected chi connectivity index (χ0v) is 25.8. The fourth-order valence-electron chi connectivity index (χ4n) is 7.10. The summed E-state index contributed by atoms with van der Waals surface area (Å²) in [5.74, 6) is 0.731. The fraction of sp³-hybridized carbons (Fsp3) is 0.0222. The second-order valence-corrected chi connectivity index (χ2v) is 12.1. The van der Waals surface area contributed by atoms with Gasteiger partial charge in [0.25, 0.3) is 0 Å². The van der Waals surface area contributed by atoms with Crippen LogP contribution in [-0.4, -0.2) is 9.97 Å². The summed E-state index contributed by atoms with van der Waals surface area (Å²) in [4.78, 5) is 10.3. The number of benzene rings is 7. The van der Waals surface area contributed by atoms with Crippen LogP contribution in [0.2, 0.25) is 0 Å². The second-order valence-electron chi connectivity index (χ2n) is 12.1. The maximum atomic E-state index is 5.22. The molecule has 2 heteroatoms. The van der Waals surface area contributed by atoms with Crippen LogP contribution in [0, 0.1) is 0 Å². The zero-order valence-electron chi connectivity index (χ0n) is 25.8. The summed E-state index contributed by atoms with van der Waals surface area (Å²) in [5.41, 5.74) is 16.8. The second kappa shape index (κ2) is 11.3. The van der Waals surface area contributed by atoms with E-state index >= 15 is 0 Å². The SMILES string of the molecule is c1ccc(-c2ccc(-c3nc(-c4cccc(-c5cccc6c5Cc5c(-c7ccccc7)cccc5-6)c4)nc4ccccc34)cc2)cc1. The van der Waals surface area contributed by atoms with Gasteiger partial charge in [0.2, 0.25) is 0 Å². The van der Waals surface area contributed by atoms with Crippen molar-refractivity contribution in [2.45, 2.75) is 6.42 Å². The Labute approximate surface area is 274 Å². The molecular formula is C45H30N2. The fourth-order valence-corrected chi connectivity index (χ4v) is 7.10. The molecule has 1 aromatic heterocycles. The predicted molar refractivity (Wildman–Crippen MR) is 195 cm³/mol. The van der Waals surface area contributed by atoms with E-state index in [1.165, 1.54) is 55.6 Å². The molecule has 0 amide bonds. The third kappa shape index (κ3) is 4.83. The average Bonchev–Trinajstić information content (AvgIpc) is 3.54. The van der Waals surface area contributed by atoms with Crippen molar-refractivity contribution in [1.82, 2.24) is 9.97 Å². The van der Waals surface area contributed by atoms with Crippen molar-refractivity contribution in [3.05, 3.63) is 181 Å². The summed E-state index contributed by atoms with van der Waals surface area (Å²) in [5, 5.41) is 1.05. The molecule has 9 rings (SSSR count). The molecule has 220 valence electrons. The highest BCUT2D eigenvalue weighted by atomic mass is 14.9. The van der Waals surface area contributed by atoms with E-state index in [0.717, 1.165) is 40.0 Å². The first kappa shape index (κ1) is 27.2. The smallest absolute Gasteiger partial charge is 0.160 e. The van der Waals surface area contributed by atoms with Gasteiger partial charge >= 0.3 is 0 Å². The van der Waals surface area contributed by atoms with Crippen LogP contribution in [0.25, 0.3) is 78.1 Å². The van der Waals surface area contributed by atoms with Crippen LogP contribution in [0.4, 0.5) is 0 Å². The molecule has 1 aliphatic rings. The van der Waals surface area contributed by atoms with E-state index in [-0.39, 0.29) is 0 Å². The topological polar surface area (TPSA) is 25.8 Å². The highest BCUT2D eigenvalue weighted by Crippen LogP contribution is 2.45. The normalized spacial score (nSPS) is 11.7. The van der Waals surface area contributed by atoms with Crippen LogP contribution in [0.3, 0.4) is 0 Å². The van der Waals surface area contributed by atoms with Gasteiger partial charge in [-0.25, -0.2) is 9.97 Å². The Balaban J connectivity index is 1.12. The number of aromatic nitrogens is 2. The molecule has 0 saturated heterocycles. The van der Waals surface area contributed by atoms with Crippen LogP contribution < -0.4 is 0 Å². The van der Waals surface area contributed by atoms with Crippen LogP contribution in [0.1, 0.15) is 11.1 Å². The van der Waals surface area contributed by atoms with E-state index in [4.69, 9.17) is 9.97 Å². The highest BCUT2D eigenvalue weighted by molar-refractivity contribution is 5.94. The molecule has 2 nitrogen and oxygen atoms in total. The number of hydrogen-bond donors (Lipinski definition) is 0. The maximum Gasteiger partial charge on any atom is 0.160 e. The van der Waals surface area contributed by atoms with Crippen LogP contribution in [0.5, 0.6) is 0 Å². The molecular weight excluding hydrogens is 569 g/mol.